The van der Waals surface area contributed by atoms with E-state index in [0.717, 1.165) is 17.1 Å². The number of halogens is 1. The number of rotatable bonds is 3. The number of nitrogens with zero attached hydrogens (tertiary/aromatic N) is 3. The Morgan fingerprint density at radius 3 is 2.76 bits per heavy atom. The quantitative estimate of drug-likeness (QED) is 0.730. The molecule has 4 rings (SSSR count). The molecule has 2 aromatic heterocycles. The summed E-state index contributed by atoms with van der Waals surface area (Å²) in [6.07, 6.45) is 3.72. The molecule has 1 fully saturated rings. The van der Waals surface area contributed by atoms with E-state index in [9.17, 15) is 4.39 Å². The molecule has 1 N–H and O–H groups in total. The van der Waals surface area contributed by atoms with Gasteiger partial charge in [-0.3, -0.25) is 4.98 Å². The van der Waals surface area contributed by atoms with E-state index in [2.05, 4.69) is 10.3 Å². The minimum absolute atomic E-state index is 0.0410. The maximum atomic E-state index is 13.7. The van der Waals surface area contributed by atoms with Crippen molar-refractivity contribution < 1.29 is 4.39 Å². The van der Waals surface area contributed by atoms with Crippen molar-refractivity contribution >= 4 is 17.3 Å². The van der Waals surface area contributed by atoms with Crippen molar-refractivity contribution in [1.82, 2.24) is 19.8 Å². The molecular weight excluding hydrogens is 335 g/mol. The first-order valence-electron chi connectivity index (χ1n) is 8.02. The molecule has 0 aliphatic carbocycles. The Morgan fingerprint density at radius 1 is 1.12 bits per heavy atom. The van der Waals surface area contributed by atoms with Crippen LogP contribution < -0.4 is 5.32 Å². The summed E-state index contributed by atoms with van der Waals surface area (Å²) >= 11 is 5.47. The van der Waals surface area contributed by atoms with Gasteiger partial charge < -0.3 is 14.8 Å². The van der Waals surface area contributed by atoms with Crippen LogP contribution in [0.25, 0.3) is 5.69 Å². The van der Waals surface area contributed by atoms with E-state index in [-0.39, 0.29) is 17.9 Å². The third-order valence-electron chi connectivity index (χ3n) is 4.51. The van der Waals surface area contributed by atoms with Crippen LogP contribution in [0.15, 0.2) is 67.0 Å². The first-order valence-corrected chi connectivity index (χ1v) is 8.43. The molecule has 0 bridgehead atoms. The van der Waals surface area contributed by atoms with Gasteiger partial charge in [-0.1, -0.05) is 12.1 Å². The van der Waals surface area contributed by atoms with Crippen LogP contribution in [0.2, 0.25) is 0 Å². The highest BCUT2D eigenvalue weighted by molar-refractivity contribution is 7.80. The first kappa shape index (κ1) is 15.8. The zero-order valence-electron chi connectivity index (χ0n) is 13.6. The lowest BCUT2D eigenvalue weighted by Crippen LogP contribution is -2.25. The molecule has 1 aliphatic heterocycles. The van der Waals surface area contributed by atoms with Crippen LogP contribution in [0.5, 0.6) is 0 Å². The van der Waals surface area contributed by atoms with Crippen molar-refractivity contribution in [1.29, 1.82) is 0 Å². The molecule has 3 aromatic rings. The third-order valence-corrected chi connectivity index (χ3v) is 4.91. The lowest BCUT2D eigenvalue weighted by molar-refractivity contribution is 0.357. The van der Waals surface area contributed by atoms with E-state index < -0.39 is 0 Å². The average Bonchev–Trinajstić information content (AvgIpc) is 3.21. The number of benzene rings is 1. The number of thiocarbonyl (C=S) groups is 1. The van der Waals surface area contributed by atoms with Crippen molar-refractivity contribution in [2.45, 2.75) is 12.1 Å². The van der Waals surface area contributed by atoms with Gasteiger partial charge in [0.2, 0.25) is 0 Å². The number of nitrogens with one attached hydrogen (secondary N) is 1. The van der Waals surface area contributed by atoms with Gasteiger partial charge in [-0.15, -0.1) is 0 Å². The summed E-state index contributed by atoms with van der Waals surface area (Å²) in [4.78, 5) is 6.52. The van der Waals surface area contributed by atoms with Gasteiger partial charge in [0, 0.05) is 30.8 Å². The Labute approximate surface area is 150 Å². The topological polar surface area (TPSA) is 33.1 Å². The minimum Gasteiger partial charge on any atom is -0.352 e. The summed E-state index contributed by atoms with van der Waals surface area (Å²) in [5, 5.41) is 4.03. The van der Waals surface area contributed by atoms with Crippen LogP contribution in [0, 0.1) is 5.82 Å². The van der Waals surface area contributed by atoms with Crippen LogP contribution in [0.3, 0.4) is 0 Å². The van der Waals surface area contributed by atoms with E-state index in [1.54, 1.807) is 12.3 Å². The van der Waals surface area contributed by atoms with E-state index in [1.807, 2.05) is 59.1 Å². The van der Waals surface area contributed by atoms with Gasteiger partial charge in [-0.25, -0.2) is 4.39 Å². The molecule has 126 valence electrons. The second kappa shape index (κ2) is 6.29. The van der Waals surface area contributed by atoms with Crippen LogP contribution in [-0.2, 0) is 0 Å². The first-order chi connectivity index (χ1) is 12.1. The van der Waals surface area contributed by atoms with Crippen molar-refractivity contribution in [3.05, 3.63) is 84.2 Å². The van der Waals surface area contributed by atoms with Crippen LogP contribution >= 0.6 is 12.2 Å². The summed E-state index contributed by atoms with van der Waals surface area (Å²) in [5.74, 6) is -0.258. The summed E-state index contributed by atoms with van der Waals surface area (Å²) in [5.41, 5.74) is 2.73. The lowest BCUT2D eigenvalue weighted by atomic mass is 10.0. The van der Waals surface area contributed by atoms with Crippen LogP contribution in [0.4, 0.5) is 4.39 Å². The zero-order chi connectivity index (χ0) is 17.4. The Hall–Kier alpha value is -2.73. The van der Waals surface area contributed by atoms with Gasteiger partial charge in [0.05, 0.1) is 17.8 Å². The second-order valence-corrected chi connectivity index (χ2v) is 6.41. The van der Waals surface area contributed by atoms with Gasteiger partial charge >= 0.3 is 0 Å². The highest BCUT2D eigenvalue weighted by Gasteiger charge is 2.39. The number of aromatic nitrogens is 2. The van der Waals surface area contributed by atoms with Crippen LogP contribution in [0.1, 0.15) is 23.5 Å². The van der Waals surface area contributed by atoms with Gasteiger partial charge in [-0.2, -0.15) is 0 Å². The fraction of sp³-hybridized carbons (Fsp3) is 0.158. The summed E-state index contributed by atoms with van der Waals surface area (Å²) in [7, 11) is 1.96. The molecule has 0 radical (unpaired) electrons. The molecule has 4 nitrogen and oxygen atoms in total. The molecule has 1 aliphatic rings. The minimum atomic E-state index is -0.258. The summed E-state index contributed by atoms with van der Waals surface area (Å²) in [6, 6.07) is 16.3. The number of hydrogen-bond donors (Lipinski definition) is 1. The molecule has 0 saturated carbocycles. The molecule has 2 unspecified atom stereocenters. The van der Waals surface area contributed by atoms with Gasteiger partial charge in [0.1, 0.15) is 5.82 Å². The highest BCUT2D eigenvalue weighted by atomic mass is 32.1. The molecule has 25 heavy (non-hydrogen) atoms. The molecule has 2 atom stereocenters. The normalized spacial score (nSPS) is 19.9. The Morgan fingerprint density at radius 2 is 2.00 bits per heavy atom. The van der Waals surface area contributed by atoms with E-state index in [1.165, 1.54) is 12.1 Å². The molecule has 0 amide bonds. The maximum absolute atomic E-state index is 13.7. The highest BCUT2D eigenvalue weighted by Crippen LogP contribution is 2.38. The number of likely N-dealkylation sites (N-methyl/N-ethyl adjacent to an activating group) is 1. The second-order valence-electron chi connectivity index (χ2n) is 6.02. The zero-order valence-corrected chi connectivity index (χ0v) is 14.4. The van der Waals surface area contributed by atoms with Crippen molar-refractivity contribution in [3.8, 4) is 5.69 Å². The van der Waals surface area contributed by atoms with Crippen molar-refractivity contribution in [2.75, 3.05) is 7.05 Å². The molecule has 3 heterocycles. The van der Waals surface area contributed by atoms with Gasteiger partial charge in [-0.05, 0) is 54.7 Å². The smallest absolute Gasteiger partial charge is 0.169 e. The predicted molar refractivity (Wildman–Crippen MR) is 98.9 cm³/mol. The number of pyridine rings is 1. The predicted octanol–water partition coefficient (Wildman–Crippen LogP) is 3.61. The summed E-state index contributed by atoms with van der Waals surface area (Å²) < 4.78 is 15.7. The van der Waals surface area contributed by atoms with Gasteiger partial charge in [0.25, 0.3) is 0 Å². The molecule has 1 saturated heterocycles. The molecular formula is C19H17FN4S. The fourth-order valence-electron chi connectivity index (χ4n) is 3.32. The van der Waals surface area contributed by atoms with E-state index in [4.69, 9.17) is 12.2 Å². The Kier molecular flexibility index (Phi) is 3.97. The van der Waals surface area contributed by atoms with Crippen LogP contribution in [-0.4, -0.2) is 26.6 Å². The third kappa shape index (κ3) is 2.78. The standard InChI is InChI=1S/C19H17FN4S/c1-23-18(17(22-19(23)25)15-8-2-3-10-21-15)16-9-5-11-24(16)14-7-4-6-13(20)12-14/h2-12,17-18H,1H3,(H,22,25). The Balaban J connectivity index is 1.80. The van der Waals surface area contributed by atoms with Crippen molar-refractivity contribution in [2.24, 2.45) is 0 Å². The number of hydrogen-bond acceptors (Lipinski definition) is 2. The SMILES string of the molecule is CN1C(=S)NC(c2ccccn2)C1c1cccn1-c1cccc(F)c1. The summed E-state index contributed by atoms with van der Waals surface area (Å²) in [6.45, 7) is 0. The molecule has 6 heteroatoms. The fourth-order valence-corrected chi connectivity index (χ4v) is 3.57. The van der Waals surface area contributed by atoms with Crippen molar-refractivity contribution in [3.63, 3.8) is 0 Å². The lowest BCUT2D eigenvalue weighted by Gasteiger charge is -2.25. The molecule has 0 spiro atoms. The monoisotopic (exact) mass is 352 g/mol. The Bertz CT molecular complexity index is 909. The van der Waals surface area contributed by atoms with Gasteiger partial charge in [0.15, 0.2) is 5.11 Å². The largest absolute Gasteiger partial charge is 0.352 e. The average molecular weight is 352 g/mol. The molecule has 1 aromatic carbocycles. The van der Waals surface area contributed by atoms with E-state index in [0.29, 0.717) is 5.11 Å². The maximum Gasteiger partial charge on any atom is 0.169 e. The van der Waals surface area contributed by atoms with E-state index >= 15 is 0 Å².